The van der Waals surface area contributed by atoms with Gasteiger partial charge in [-0.2, -0.15) is 0 Å². The van der Waals surface area contributed by atoms with Crippen LogP contribution in [0, 0.1) is 6.92 Å². The Morgan fingerprint density at radius 1 is 1.08 bits per heavy atom. The highest BCUT2D eigenvalue weighted by Crippen LogP contribution is 2.33. The first-order chi connectivity index (χ1) is 11.7. The fourth-order valence-electron chi connectivity index (χ4n) is 3.62. The number of aryl methyl sites for hydroxylation is 1. The van der Waals surface area contributed by atoms with E-state index in [1.54, 1.807) is 0 Å². The summed E-state index contributed by atoms with van der Waals surface area (Å²) in [4.78, 5) is 4.93. The molecule has 4 heteroatoms. The van der Waals surface area contributed by atoms with Crippen LogP contribution in [-0.4, -0.2) is 15.4 Å². The van der Waals surface area contributed by atoms with Crippen LogP contribution in [0.15, 0.2) is 47.1 Å². The van der Waals surface area contributed by atoms with Crippen molar-refractivity contribution >= 4 is 27.4 Å². The van der Waals surface area contributed by atoms with E-state index in [1.165, 1.54) is 43.2 Å². The highest BCUT2D eigenvalue weighted by Gasteiger charge is 2.20. The summed E-state index contributed by atoms with van der Waals surface area (Å²) in [7, 11) is 0. The van der Waals surface area contributed by atoms with Gasteiger partial charge in [-0.25, -0.2) is 4.98 Å². The highest BCUT2D eigenvalue weighted by atomic mass is 79.9. The maximum Gasteiger partial charge on any atom is 0.139 e. The van der Waals surface area contributed by atoms with Gasteiger partial charge in [0.2, 0.25) is 0 Å². The molecule has 0 atom stereocenters. The van der Waals surface area contributed by atoms with Crippen LogP contribution in [-0.2, 0) is 0 Å². The summed E-state index contributed by atoms with van der Waals surface area (Å²) in [6.45, 7) is 2.15. The van der Waals surface area contributed by atoms with Crippen LogP contribution in [0.5, 0.6) is 0 Å². The molecule has 3 aromatic rings. The quantitative estimate of drug-likeness (QED) is 0.617. The summed E-state index contributed by atoms with van der Waals surface area (Å²) in [6.07, 6.45) is 8.59. The SMILES string of the molecule is Cc1ccccc1-c1nc2ccc(Br)cn2c1NC1CCCCC1. The van der Waals surface area contributed by atoms with Crippen molar-refractivity contribution in [3.63, 3.8) is 0 Å². The van der Waals surface area contributed by atoms with Crippen molar-refractivity contribution in [3.8, 4) is 11.3 Å². The fraction of sp³-hybridized carbons (Fsp3) is 0.350. The van der Waals surface area contributed by atoms with Gasteiger partial charge in [0, 0.05) is 22.3 Å². The molecule has 1 aliphatic rings. The third kappa shape index (κ3) is 2.95. The van der Waals surface area contributed by atoms with E-state index in [0.29, 0.717) is 6.04 Å². The van der Waals surface area contributed by atoms with E-state index in [4.69, 9.17) is 4.98 Å². The standard InChI is InChI=1S/C20H22BrN3/c1-14-7-5-6-10-17(14)19-20(22-16-8-3-2-4-9-16)24-13-15(21)11-12-18(24)23-19/h5-7,10-13,16,22H,2-4,8-9H2,1H3. The topological polar surface area (TPSA) is 29.3 Å². The first-order valence-electron chi connectivity index (χ1n) is 8.72. The first kappa shape index (κ1) is 15.7. The molecule has 0 unspecified atom stereocenters. The maximum absolute atomic E-state index is 4.93. The molecule has 1 saturated carbocycles. The second-order valence-corrected chi connectivity index (χ2v) is 7.59. The third-order valence-electron chi connectivity index (χ3n) is 4.93. The van der Waals surface area contributed by atoms with Crippen LogP contribution >= 0.6 is 15.9 Å². The minimum atomic E-state index is 0.542. The van der Waals surface area contributed by atoms with Gasteiger partial charge >= 0.3 is 0 Å². The molecule has 0 spiro atoms. The van der Waals surface area contributed by atoms with Gasteiger partial charge in [-0.15, -0.1) is 0 Å². The Bertz CT molecular complexity index is 862. The lowest BCUT2D eigenvalue weighted by Gasteiger charge is -2.24. The van der Waals surface area contributed by atoms with E-state index in [9.17, 15) is 0 Å². The molecule has 2 heterocycles. The van der Waals surface area contributed by atoms with E-state index in [0.717, 1.165) is 21.6 Å². The van der Waals surface area contributed by atoms with Crippen LogP contribution in [0.3, 0.4) is 0 Å². The molecule has 24 heavy (non-hydrogen) atoms. The zero-order valence-corrected chi connectivity index (χ0v) is 15.5. The number of benzene rings is 1. The molecule has 0 radical (unpaired) electrons. The maximum atomic E-state index is 4.93. The van der Waals surface area contributed by atoms with E-state index >= 15 is 0 Å². The predicted octanol–water partition coefficient (Wildman–Crippen LogP) is 5.82. The van der Waals surface area contributed by atoms with Crippen molar-refractivity contribution in [2.75, 3.05) is 5.32 Å². The summed E-state index contributed by atoms with van der Waals surface area (Å²) in [5.74, 6) is 1.12. The summed E-state index contributed by atoms with van der Waals surface area (Å²) in [5, 5.41) is 3.81. The molecule has 0 bridgehead atoms. The van der Waals surface area contributed by atoms with Gasteiger partial charge in [-0.05, 0) is 53.4 Å². The van der Waals surface area contributed by atoms with E-state index in [2.05, 4.69) is 69.1 Å². The lowest BCUT2D eigenvalue weighted by Crippen LogP contribution is -2.23. The number of anilines is 1. The second kappa shape index (κ2) is 6.60. The monoisotopic (exact) mass is 383 g/mol. The Labute approximate surface area is 151 Å². The summed E-state index contributed by atoms with van der Waals surface area (Å²) >= 11 is 3.60. The molecule has 0 aliphatic heterocycles. The van der Waals surface area contributed by atoms with Crippen LogP contribution in [0.2, 0.25) is 0 Å². The Balaban J connectivity index is 1.85. The number of aromatic nitrogens is 2. The fourth-order valence-corrected chi connectivity index (χ4v) is 3.96. The average Bonchev–Trinajstić information content (AvgIpc) is 2.94. The molecule has 0 saturated heterocycles. The van der Waals surface area contributed by atoms with Crippen molar-refractivity contribution < 1.29 is 0 Å². The summed E-state index contributed by atoms with van der Waals surface area (Å²) in [5.41, 5.74) is 4.49. The van der Waals surface area contributed by atoms with Crippen molar-refractivity contribution in [3.05, 3.63) is 52.6 Å². The van der Waals surface area contributed by atoms with Gasteiger partial charge < -0.3 is 5.32 Å². The molecular weight excluding hydrogens is 362 g/mol. The largest absolute Gasteiger partial charge is 0.367 e. The Morgan fingerprint density at radius 2 is 1.88 bits per heavy atom. The molecule has 124 valence electrons. The number of rotatable bonds is 3. The predicted molar refractivity (Wildman–Crippen MR) is 104 cm³/mol. The number of fused-ring (bicyclic) bond motifs is 1. The average molecular weight is 384 g/mol. The number of halogens is 1. The molecule has 1 aromatic carbocycles. The van der Waals surface area contributed by atoms with Crippen LogP contribution in [0.25, 0.3) is 16.9 Å². The smallest absolute Gasteiger partial charge is 0.139 e. The Hall–Kier alpha value is -1.81. The van der Waals surface area contributed by atoms with E-state index in [1.807, 2.05) is 6.07 Å². The van der Waals surface area contributed by atoms with Crippen molar-refractivity contribution in [1.29, 1.82) is 0 Å². The third-order valence-corrected chi connectivity index (χ3v) is 5.40. The second-order valence-electron chi connectivity index (χ2n) is 6.68. The molecule has 3 nitrogen and oxygen atoms in total. The van der Waals surface area contributed by atoms with E-state index in [-0.39, 0.29) is 0 Å². The first-order valence-corrected chi connectivity index (χ1v) is 9.52. The lowest BCUT2D eigenvalue weighted by molar-refractivity contribution is 0.461. The minimum absolute atomic E-state index is 0.542. The number of hydrogen-bond donors (Lipinski definition) is 1. The zero-order chi connectivity index (χ0) is 16.5. The normalized spacial score (nSPS) is 15.8. The molecule has 4 rings (SSSR count). The number of hydrogen-bond acceptors (Lipinski definition) is 2. The minimum Gasteiger partial charge on any atom is -0.367 e. The zero-order valence-electron chi connectivity index (χ0n) is 13.9. The molecule has 0 amide bonds. The molecule has 1 N–H and O–H groups in total. The molecule has 2 aromatic heterocycles. The molecule has 1 aliphatic carbocycles. The van der Waals surface area contributed by atoms with Crippen molar-refractivity contribution in [1.82, 2.24) is 9.38 Å². The molecule has 1 fully saturated rings. The summed E-state index contributed by atoms with van der Waals surface area (Å²) in [6, 6.07) is 13.1. The van der Waals surface area contributed by atoms with Gasteiger partial charge in [-0.1, -0.05) is 43.5 Å². The number of nitrogens with zero attached hydrogens (tertiary/aromatic N) is 2. The van der Waals surface area contributed by atoms with Gasteiger partial charge in [0.15, 0.2) is 0 Å². The number of imidazole rings is 1. The number of pyridine rings is 1. The van der Waals surface area contributed by atoms with Crippen molar-refractivity contribution in [2.45, 2.75) is 45.1 Å². The Morgan fingerprint density at radius 3 is 2.67 bits per heavy atom. The van der Waals surface area contributed by atoms with E-state index < -0.39 is 0 Å². The van der Waals surface area contributed by atoms with Gasteiger partial charge in [0.25, 0.3) is 0 Å². The lowest BCUT2D eigenvalue weighted by atomic mass is 9.95. The van der Waals surface area contributed by atoms with Crippen LogP contribution < -0.4 is 5.32 Å². The van der Waals surface area contributed by atoms with Gasteiger partial charge in [0.05, 0.1) is 0 Å². The van der Waals surface area contributed by atoms with Gasteiger partial charge in [-0.3, -0.25) is 4.40 Å². The Kier molecular flexibility index (Phi) is 4.31. The van der Waals surface area contributed by atoms with Gasteiger partial charge in [0.1, 0.15) is 17.2 Å². The van der Waals surface area contributed by atoms with Crippen molar-refractivity contribution in [2.24, 2.45) is 0 Å². The number of nitrogens with one attached hydrogen (secondary N) is 1. The molecular formula is C20H22BrN3. The summed E-state index contributed by atoms with van der Waals surface area (Å²) < 4.78 is 3.25. The highest BCUT2D eigenvalue weighted by molar-refractivity contribution is 9.10. The van der Waals surface area contributed by atoms with Crippen LogP contribution in [0.4, 0.5) is 5.82 Å². The van der Waals surface area contributed by atoms with Crippen LogP contribution in [0.1, 0.15) is 37.7 Å².